The summed E-state index contributed by atoms with van der Waals surface area (Å²) in [5.41, 5.74) is 1.85. The molecule has 0 unspecified atom stereocenters. The fourth-order valence-corrected chi connectivity index (χ4v) is 1.91. The number of hydrogen-bond acceptors (Lipinski definition) is 3. The van der Waals surface area contributed by atoms with Gasteiger partial charge < -0.3 is 10.4 Å². The van der Waals surface area contributed by atoms with Crippen molar-refractivity contribution < 1.29 is 9.90 Å². The number of carbonyl (C=O) groups excluding carboxylic acids is 1. The molecule has 2 rings (SSSR count). The van der Waals surface area contributed by atoms with Crippen LogP contribution in [-0.2, 0) is 0 Å². The van der Waals surface area contributed by atoms with Crippen LogP contribution in [0.15, 0.2) is 30.3 Å². The van der Waals surface area contributed by atoms with Gasteiger partial charge in [0.2, 0.25) is 0 Å². The Morgan fingerprint density at radius 3 is 2.75 bits per heavy atom. The van der Waals surface area contributed by atoms with E-state index in [4.69, 9.17) is 0 Å². The third-order valence-corrected chi connectivity index (χ3v) is 3.31. The minimum Gasteiger partial charge on any atom is -0.396 e. The summed E-state index contributed by atoms with van der Waals surface area (Å²) in [7, 11) is 0. The first-order valence-corrected chi connectivity index (χ1v) is 6.68. The lowest BCUT2D eigenvalue weighted by Gasteiger charge is -2.22. The molecule has 106 valence electrons. The predicted octanol–water partition coefficient (Wildman–Crippen LogP) is 2.29. The second-order valence-corrected chi connectivity index (χ2v) is 5.82. The van der Waals surface area contributed by atoms with Gasteiger partial charge in [-0.15, -0.1) is 0 Å². The second-order valence-electron chi connectivity index (χ2n) is 5.82. The molecular formula is C16H20N2O2. The first-order valence-electron chi connectivity index (χ1n) is 6.68. The van der Waals surface area contributed by atoms with Gasteiger partial charge in [0, 0.05) is 24.0 Å². The molecule has 0 saturated heterocycles. The number of aromatic nitrogens is 1. The molecule has 0 spiro atoms. The maximum atomic E-state index is 12.2. The van der Waals surface area contributed by atoms with Crippen LogP contribution in [-0.4, -0.2) is 29.1 Å². The summed E-state index contributed by atoms with van der Waals surface area (Å²) in [6.45, 7) is 6.09. The van der Waals surface area contributed by atoms with Crippen LogP contribution in [0.4, 0.5) is 0 Å². The van der Waals surface area contributed by atoms with Crippen molar-refractivity contribution >= 4 is 16.8 Å². The number of aryl methyl sites for hydroxylation is 1. The van der Waals surface area contributed by atoms with Crippen molar-refractivity contribution in [3.8, 4) is 0 Å². The van der Waals surface area contributed by atoms with Crippen LogP contribution in [0, 0.1) is 12.3 Å². The monoisotopic (exact) mass is 272 g/mol. The number of nitrogens with zero attached hydrogens (tertiary/aromatic N) is 1. The zero-order valence-corrected chi connectivity index (χ0v) is 12.1. The molecule has 1 aromatic carbocycles. The molecule has 1 amide bonds. The fraction of sp³-hybridized carbons (Fsp3) is 0.375. The lowest BCUT2D eigenvalue weighted by atomic mass is 9.95. The third kappa shape index (κ3) is 3.14. The number of fused-ring (bicyclic) bond motifs is 1. The summed E-state index contributed by atoms with van der Waals surface area (Å²) in [6.07, 6.45) is 0. The molecule has 0 aliphatic heterocycles. The number of hydrogen-bond donors (Lipinski definition) is 2. The van der Waals surface area contributed by atoms with Gasteiger partial charge in [-0.1, -0.05) is 32.0 Å². The van der Waals surface area contributed by atoms with E-state index in [-0.39, 0.29) is 17.9 Å². The number of nitrogens with one attached hydrogen (secondary N) is 1. The van der Waals surface area contributed by atoms with Gasteiger partial charge in [0.25, 0.3) is 5.91 Å². The maximum absolute atomic E-state index is 12.2. The van der Waals surface area contributed by atoms with E-state index in [9.17, 15) is 9.90 Å². The molecular weight excluding hydrogens is 252 g/mol. The van der Waals surface area contributed by atoms with E-state index in [1.54, 1.807) is 0 Å². The van der Waals surface area contributed by atoms with Crippen molar-refractivity contribution in [3.63, 3.8) is 0 Å². The highest BCUT2D eigenvalue weighted by molar-refractivity contribution is 5.98. The van der Waals surface area contributed by atoms with Crippen LogP contribution >= 0.6 is 0 Å². The lowest BCUT2D eigenvalue weighted by molar-refractivity contribution is 0.0910. The van der Waals surface area contributed by atoms with E-state index in [2.05, 4.69) is 10.3 Å². The van der Waals surface area contributed by atoms with Gasteiger partial charge in [-0.05, 0) is 19.1 Å². The topological polar surface area (TPSA) is 62.2 Å². The summed E-state index contributed by atoms with van der Waals surface area (Å²) in [4.78, 5) is 16.7. The number of benzene rings is 1. The highest BCUT2D eigenvalue weighted by Crippen LogP contribution is 2.17. The number of carbonyl (C=O) groups is 1. The lowest BCUT2D eigenvalue weighted by Crippen LogP contribution is -2.36. The summed E-state index contributed by atoms with van der Waals surface area (Å²) >= 11 is 0. The number of aliphatic hydroxyl groups excluding tert-OH is 1. The average molecular weight is 272 g/mol. The molecule has 0 atom stereocenters. The molecule has 0 aliphatic rings. The van der Waals surface area contributed by atoms with Crippen molar-refractivity contribution in [2.24, 2.45) is 5.41 Å². The first-order chi connectivity index (χ1) is 9.43. The van der Waals surface area contributed by atoms with Crippen molar-refractivity contribution in [2.45, 2.75) is 20.8 Å². The largest absolute Gasteiger partial charge is 0.396 e. The minimum absolute atomic E-state index is 0.0300. The van der Waals surface area contributed by atoms with Crippen LogP contribution in [0.3, 0.4) is 0 Å². The van der Waals surface area contributed by atoms with Gasteiger partial charge in [0.15, 0.2) is 0 Å². The summed E-state index contributed by atoms with van der Waals surface area (Å²) < 4.78 is 0. The molecule has 0 bridgehead atoms. The van der Waals surface area contributed by atoms with Crippen molar-refractivity contribution in [2.75, 3.05) is 13.2 Å². The molecule has 4 heteroatoms. The molecule has 4 nitrogen and oxygen atoms in total. The number of aliphatic hydroxyl groups is 1. The molecule has 20 heavy (non-hydrogen) atoms. The molecule has 2 N–H and O–H groups in total. The van der Waals surface area contributed by atoms with Gasteiger partial charge >= 0.3 is 0 Å². The molecule has 1 heterocycles. The number of amides is 1. The summed E-state index contributed by atoms with van der Waals surface area (Å²) in [5.74, 6) is -0.151. The van der Waals surface area contributed by atoms with E-state index in [1.807, 2.05) is 51.1 Å². The first kappa shape index (κ1) is 14.5. The Bertz CT molecular complexity index is 635. The van der Waals surface area contributed by atoms with Crippen LogP contribution in [0.1, 0.15) is 29.9 Å². The Labute approximate surface area is 118 Å². The smallest absolute Gasteiger partial charge is 0.253 e. The number of rotatable bonds is 4. The quantitative estimate of drug-likeness (QED) is 0.897. The van der Waals surface area contributed by atoms with Gasteiger partial charge in [-0.25, -0.2) is 0 Å². The average Bonchev–Trinajstić information content (AvgIpc) is 2.44. The Morgan fingerprint density at radius 2 is 2.05 bits per heavy atom. The van der Waals surface area contributed by atoms with Crippen LogP contribution in [0.25, 0.3) is 10.9 Å². The Kier molecular flexibility index (Phi) is 4.04. The Morgan fingerprint density at radius 1 is 1.35 bits per heavy atom. The zero-order valence-electron chi connectivity index (χ0n) is 12.1. The maximum Gasteiger partial charge on any atom is 0.253 e. The summed E-state index contributed by atoms with van der Waals surface area (Å²) in [6, 6.07) is 9.59. The molecule has 0 fully saturated rings. The van der Waals surface area contributed by atoms with Crippen LogP contribution < -0.4 is 5.32 Å². The molecule has 2 aromatic rings. The normalized spacial score (nSPS) is 11.6. The zero-order chi connectivity index (χ0) is 14.8. The standard InChI is InChI=1S/C16H20N2O2/c1-11-13(15(20)17-9-16(2,3)10-19)8-12-6-4-5-7-14(12)18-11/h4-8,19H,9-10H2,1-3H3,(H,17,20). The summed E-state index contributed by atoms with van der Waals surface area (Å²) in [5, 5.41) is 13.0. The van der Waals surface area contributed by atoms with Crippen LogP contribution in [0.2, 0.25) is 0 Å². The van der Waals surface area contributed by atoms with Gasteiger partial charge in [-0.2, -0.15) is 0 Å². The molecule has 0 saturated carbocycles. The van der Waals surface area contributed by atoms with Crippen molar-refractivity contribution in [3.05, 3.63) is 41.6 Å². The SMILES string of the molecule is Cc1nc2ccccc2cc1C(=O)NCC(C)(C)CO. The Balaban J connectivity index is 2.24. The van der Waals surface area contributed by atoms with E-state index in [0.717, 1.165) is 10.9 Å². The van der Waals surface area contributed by atoms with E-state index in [1.165, 1.54) is 0 Å². The number of para-hydroxylation sites is 1. The second kappa shape index (κ2) is 5.59. The van der Waals surface area contributed by atoms with E-state index in [0.29, 0.717) is 17.8 Å². The van der Waals surface area contributed by atoms with E-state index < -0.39 is 0 Å². The van der Waals surface area contributed by atoms with Gasteiger partial charge in [0.1, 0.15) is 0 Å². The van der Waals surface area contributed by atoms with E-state index >= 15 is 0 Å². The third-order valence-electron chi connectivity index (χ3n) is 3.31. The number of pyridine rings is 1. The minimum atomic E-state index is -0.326. The predicted molar refractivity (Wildman–Crippen MR) is 79.7 cm³/mol. The Hall–Kier alpha value is -1.94. The molecule has 1 aromatic heterocycles. The van der Waals surface area contributed by atoms with Gasteiger partial charge in [-0.3, -0.25) is 9.78 Å². The van der Waals surface area contributed by atoms with Crippen LogP contribution in [0.5, 0.6) is 0 Å². The molecule has 0 radical (unpaired) electrons. The van der Waals surface area contributed by atoms with Crippen molar-refractivity contribution in [1.82, 2.24) is 10.3 Å². The van der Waals surface area contributed by atoms with Gasteiger partial charge in [0.05, 0.1) is 16.8 Å². The molecule has 0 aliphatic carbocycles. The van der Waals surface area contributed by atoms with Crippen molar-refractivity contribution in [1.29, 1.82) is 0 Å². The highest BCUT2D eigenvalue weighted by atomic mass is 16.3. The fourth-order valence-electron chi connectivity index (χ4n) is 1.91. The highest BCUT2D eigenvalue weighted by Gasteiger charge is 2.19.